The number of para-hydroxylation sites is 2. The van der Waals surface area contributed by atoms with Gasteiger partial charge in [-0.2, -0.15) is 0 Å². The number of carbonyl (C=O) groups excluding carboxylic acids is 1. The summed E-state index contributed by atoms with van der Waals surface area (Å²) < 4.78 is 2.08. The van der Waals surface area contributed by atoms with Crippen LogP contribution in [-0.4, -0.2) is 31.9 Å². The molecule has 1 aliphatic heterocycles. The van der Waals surface area contributed by atoms with E-state index in [4.69, 9.17) is 4.98 Å². The van der Waals surface area contributed by atoms with E-state index in [0.717, 1.165) is 36.1 Å². The molecule has 1 aromatic carbocycles. The molecule has 1 N–H and O–H groups in total. The molecule has 0 spiro atoms. The molecule has 0 saturated carbocycles. The van der Waals surface area contributed by atoms with Crippen LogP contribution in [-0.2, 0) is 7.05 Å². The second kappa shape index (κ2) is 6.20. The van der Waals surface area contributed by atoms with Crippen molar-refractivity contribution in [2.24, 2.45) is 7.05 Å². The number of nitrogens with zero attached hydrogens (tertiary/aromatic N) is 3. The summed E-state index contributed by atoms with van der Waals surface area (Å²) in [5.41, 5.74) is 2.31. The number of amides is 1. The van der Waals surface area contributed by atoms with Gasteiger partial charge in [-0.25, -0.2) is 4.98 Å². The molecule has 1 aliphatic rings. The number of carbonyl (C=O) groups is 1. The summed E-state index contributed by atoms with van der Waals surface area (Å²) >= 11 is 0. The van der Waals surface area contributed by atoms with Gasteiger partial charge in [0.05, 0.1) is 22.6 Å². The molecule has 0 radical (unpaired) electrons. The summed E-state index contributed by atoms with van der Waals surface area (Å²) in [6, 6.07) is 10.9. The molecule has 128 valence electrons. The molecule has 0 bridgehead atoms. The van der Waals surface area contributed by atoms with Crippen LogP contribution in [0.1, 0.15) is 41.5 Å². The van der Waals surface area contributed by atoms with E-state index in [0.29, 0.717) is 12.1 Å². The van der Waals surface area contributed by atoms with Crippen molar-refractivity contribution in [3.8, 4) is 0 Å². The smallest absolute Gasteiger partial charge is 0.255 e. The van der Waals surface area contributed by atoms with Crippen LogP contribution in [0.15, 0.2) is 47.4 Å². The number of benzene rings is 1. The number of aromatic amines is 1. The van der Waals surface area contributed by atoms with Gasteiger partial charge in [0.1, 0.15) is 5.82 Å². The van der Waals surface area contributed by atoms with Crippen LogP contribution < -0.4 is 5.56 Å². The maximum Gasteiger partial charge on any atom is 0.255 e. The Kier molecular flexibility index (Phi) is 3.87. The Morgan fingerprint density at radius 1 is 1.20 bits per heavy atom. The van der Waals surface area contributed by atoms with Crippen molar-refractivity contribution in [2.45, 2.75) is 25.3 Å². The summed E-state index contributed by atoms with van der Waals surface area (Å²) in [4.78, 5) is 33.5. The lowest BCUT2D eigenvalue weighted by Crippen LogP contribution is -2.39. The van der Waals surface area contributed by atoms with E-state index in [-0.39, 0.29) is 17.5 Å². The SMILES string of the molecule is Cn1c(C2CCCCN2C(=O)c2ccc(=O)[nH]c2)nc2ccccc21. The molecule has 0 aliphatic carbocycles. The second-order valence-electron chi connectivity index (χ2n) is 6.47. The number of pyridine rings is 1. The third-order valence-corrected chi connectivity index (χ3v) is 4.91. The Morgan fingerprint density at radius 2 is 2.04 bits per heavy atom. The maximum absolute atomic E-state index is 13.0. The van der Waals surface area contributed by atoms with Gasteiger partial charge in [-0.05, 0) is 37.5 Å². The van der Waals surface area contributed by atoms with Gasteiger partial charge in [0.25, 0.3) is 5.91 Å². The summed E-state index contributed by atoms with van der Waals surface area (Å²) in [6.07, 6.45) is 4.44. The van der Waals surface area contributed by atoms with E-state index in [1.165, 1.54) is 12.3 Å². The number of fused-ring (bicyclic) bond motifs is 1. The number of nitrogens with one attached hydrogen (secondary N) is 1. The van der Waals surface area contributed by atoms with Crippen molar-refractivity contribution in [1.29, 1.82) is 0 Å². The van der Waals surface area contributed by atoms with Crippen molar-refractivity contribution in [3.05, 3.63) is 64.3 Å². The van der Waals surface area contributed by atoms with Crippen LogP contribution in [0.2, 0.25) is 0 Å². The minimum absolute atomic E-state index is 0.0504. The standard InChI is InChI=1S/C19H20N4O2/c1-22-15-7-3-2-6-14(15)21-18(22)16-8-4-5-11-23(16)19(25)13-9-10-17(24)20-12-13/h2-3,6-7,9-10,12,16H,4-5,8,11H2,1H3,(H,20,24). The molecule has 1 unspecified atom stereocenters. The van der Waals surface area contributed by atoms with Crippen LogP contribution in [0.25, 0.3) is 11.0 Å². The highest BCUT2D eigenvalue weighted by atomic mass is 16.2. The van der Waals surface area contributed by atoms with E-state index >= 15 is 0 Å². The molecular formula is C19H20N4O2. The van der Waals surface area contributed by atoms with Gasteiger partial charge in [-0.3, -0.25) is 9.59 Å². The summed E-state index contributed by atoms with van der Waals surface area (Å²) in [5, 5.41) is 0. The van der Waals surface area contributed by atoms with Gasteiger partial charge in [0, 0.05) is 25.9 Å². The lowest BCUT2D eigenvalue weighted by Gasteiger charge is -2.35. The Labute approximate surface area is 145 Å². The Balaban J connectivity index is 1.73. The molecule has 1 saturated heterocycles. The third-order valence-electron chi connectivity index (χ3n) is 4.91. The predicted octanol–water partition coefficient (Wildman–Crippen LogP) is 2.63. The number of aryl methyl sites for hydroxylation is 1. The average Bonchev–Trinajstić information content (AvgIpc) is 2.99. The molecule has 1 atom stereocenters. The number of hydrogen-bond acceptors (Lipinski definition) is 3. The van der Waals surface area contributed by atoms with Crippen LogP contribution in [0.3, 0.4) is 0 Å². The zero-order valence-corrected chi connectivity index (χ0v) is 14.1. The highest BCUT2D eigenvalue weighted by molar-refractivity contribution is 5.94. The molecule has 25 heavy (non-hydrogen) atoms. The summed E-state index contributed by atoms with van der Waals surface area (Å²) in [6.45, 7) is 0.700. The fourth-order valence-corrected chi connectivity index (χ4v) is 3.61. The first-order chi connectivity index (χ1) is 12.1. The number of imidazole rings is 1. The summed E-state index contributed by atoms with van der Waals surface area (Å²) in [5.74, 6) is 0.853. The normalized spacial score (nSPS) is 17.8. The Bertz CT molecular complexity index is 968. The van der Waals surface area contributed by atoms with Crippen LogP contribution >= 0.6 is 0 Å². The molecular weight excluding hydrogens is 316 g/mol. The van der Waals surface area contributed by atoms with Gasteiger partial charge in [-0.15, -0.1) is 0 Å². The number of piperidine rings is 1. The zero-order chi connectivity index (χ0) is 17.4. The number of H-pyrrole nitrogens is 1. The number of rotatable bonds is 2. The van der Waals surface area contributed by atoms with Crippen molar-refractivity contribution in [3.63, 3.8) is 0 Å². The highest BCUT2D eigenvalue weighted by Crippen LogP contribution is 2.32. The first-order valence-electron chi connectivity index (χ1n) is 8.56. The summed E-state index contributed by atoms with van der Waals surface area (Å²) in [7, 11) is 2.00. The lowest BCUT2D eigenvalue weighted by atomic mass is 10.0. The fourth-order valence-electron chi connectivity index (χ4n) is 3.61. The van der Waals surface area contributed by atoms with Crippen molar-refractivity contribution in [2.75, 3.05) is 6.54 Å². The molecule has 1 fully saturated rings. The number of aromatic nitrogens is 3. The van der Waals surface area contributed by atoms with E-state index in [1.807, 2.05) is 36.2 Å². The third kappa shape index (κ3) is 2.73. The quantitative estimate of drug-likeness (QED) is 0.782. The first-order valence-corrected chi connectivity index (χ1v) is 8.56. The highest BCUT2D eigenvalue weighted by Gasteiger charge is 2.31. The maximum atomic E-state index is 13.0. The molecule has 6 heteroatoms. The monoisotopic (exact) mass is 336 g/mol. The largest absolute Gasteiger partial charge is 0.329 e. The number of hydrogen-bond donors (Lipinski definition) is 1. The van der Waals surface area contributed by atoms with Crippen molar-refractivity contribution < 1.29 is 4.79 Å². The Hall–Kier alpha value is -2.89. The molecule has 3 aromatic rings. The van der Waals surface area contributed by atoms with Gasteiger partial charge in [0.15, 0.2) is 0 Å². The zero-order valence-electron chi connectivity index (χ0n) is 14.1. The predicted molar refractivity (Wildman–Crippen MR) is 95.4 cm³/mol. The molecule has 6 nitrogen and oxygen atoms in total. The van der Waals surface area contributed by atoms with Gasteiger partial charge < -0.3 is 14.5 Å². The minimum atomic E-state index is -0.206. The van der Waals surface area contributed by atoms with Crippen LogP contribution in [0.5, 0.6) is 0 Å². The van der Waals surface area contributed by atoms with Gasteiger partial charge >= 0.3 is 0 Å². The molecule has 3 heterocycles. The van der Waals surface area contributed by atoms with Crippen molar-refractivity contribution in [1.82, 2.24) is 19.4 Å². The second-order valence-corrected chi connectivity index (χ2v) is 6.47. The topological polar surface area (TPSA) is 71.0 Å². The molecule has 4 rings (SSSR count). The van der Waals surface area contributed by atoms with Crippen molar-refractivity contribution >= 4 is 16.9 Å². The van der Waals surface area contributed by atoms with Crippen LogP contribution in [0.4, 0.5) is 0 Å². The van der Waals surface area contributed by atoms with E-state index in [9.17, 15) is 9.59 Å². The average molecular weight is 336 g/mol. The van der Waals surface area contributed by atoms with Gasteiger partial charge in [-0.1, -0.05) is 12.1 Å². The van der Waals surface area contributed by atoms with E-state index in [1.54, 1.807) is 6.07 Å². The van der Waals surface area contributed by atoms with E-state index < -0.39 is 0 Å². The minimum Gasteiger partial charge on any atom is -0.329 e. The lowest BCUT2D eigenvalue weighted by molar-refractivity contribution is 0.0596. The Morgan fingerprint density at radius 3 is 2.80 bits per heavy atom. The fraction of sp³-hybridized carbons (Fsp3) is 0.316. The molecule has 1 amide bonds. The first kappa shape index (κ1) is 15.6. The number of likely N-dealkylation sites (tertiary alicyclic amines) is 1. The van der Waals surface area contributed by atoms with Gasteiger partial charge in [0.2, 0.25) is 5.56 Å². The van der Waals surface area contributed by atoms with E-state index in [2.05, 4.69) is 9.55 Å². The molecule has 2 aromatic heterocycles. The van der Waals surface area contributed by atoms with Crippen LogP contribution in [0, 0.1) is 0 Å².